The molecule has 13 heavy (non-hydrogen) atoms. The van der Waals surface area contributed by atoms with Gasteiger partial charge in [-0.25, -0.2) is 4.79 Å². The van der Waals surface area contributed by atoms with Crippen LogP contribution in [0.3, 0.4) is 0 Å². The SMILES string of the molecule is Cc1ccc(C2OCC(=O)O2)cc1. The fourth-order valence-electron chi connectivity index (χ4n) is 1.22. The van der Waals surface area contributed by atoms with Crippen molar-refractivity contribution in [1.29, 1.82) is 0 Å². The summed E-state index contributed by atoms with van der Waals surface area (Å²) >= 11 is 0. The van der Waals surface area contributed by atoms with Crippen LogP contribution in [-0.2, 0) is 14.3 Å². The van der Waals surface area contributed by atoms with E-state index in [4.69, 9.17) is 9.47 Å². The second-order valence-corrected chi connectivity index (χ2v) is 3.04. The van der Waals surface area contributed by atoms with Gasteiger partial charge in [-0.3, -0.25) is 0 Å². The topological polar surface area (TPSA) is 35.5 Å². The summed E-state index contributed by atoms with van der Waals surface area (Å²) in [6.07, 6.45) is -0.506. The number of hydrogen-bond acceptors (Lipinski definition) is 3. The van der Waals surface area contributed by atoms with Crippen molar-refractivity contribution in [2.45, 2.75) is 13.2 Å². The van der Waals surface area contributed by atoms with E-state index in [1.807, 2.05) is 31.2 Å². The molecule has 68 valence electrons. The van der Waals surface area contributed by atoms with Crippen molar-refractivity contribution in [2.24, 2.45) is 0 Å². The Kier molecular flexibility index (Phi) is 2.02. The molecule has 0 aliphatic carbocycles. The second kappa shape index (κ2) is 3.18. The molecule has 1 atom stereocenters. The summed E-state index contributed by atoms with van der Waals surface area (Å²) in [7, 11) is 0. The molecule has 0 saturated carbocycles. The number of carbonyl (C=O) groups excluding carboxylic acids is 1. The molecule has 1 heterocycles. The Bertz CT molecular complexity index is 315. The molecule has 1 unspecified atom stereocenters. The maximum Gasteiger partial charge on any atom is 0.334 e. The van der Waals surface area contributed by atoms with Crippen LogP contribution >= 0.6 is 0 Å². The number of carbonyl (C=O) groups is 1. The summed E-state index contributed by atoms with van der Waals surface area (Å²) in [4.78, 5) is 10.7. The van der Waals surface area contributed by atoms with Crippen molar-refractivity contribution >= 4 is 5.97 Å². The first-order valence-corrected chi connectivity index (χ1v) is 4.13. The van der Waals surface area contributed by atoms with Crippen LogP contribution in [-0.4, -0.2) is 12.6 Å². The molecule has 0 N–H and O–H groups in total. The number of benzene rings is 1. The first kappa shape index (κ1) is 8.26. The molecule has 1 aliphatic rings. The normalized spacial score (nSPS) is 21.6. The van der Waals surface area contributed by atoms with Crippen LogP contribution in [0.4, 0.5) is 0 Å². The van der Waals surface area contributed by atoms with Crippen LogP contribution < -0.4 is 0 Å². The third kappa shape index (κ3) is 1.70. The fourth-order valence-corrected chi connectivity index (χ4v) is 1.22. The van der Waals surface area contributed by atoms with Crippen LogP contribution in [0.25, 0.3) is 0 Å². The third-order valence-corrected chi connectivity index (χ3v) is 1.94. The Morgan fingerprint density at radius 1 is 1.31 bits per heavy atom. The van der Waals surface area contributed by atoms with E-state index in [1.165, 1.54) is 5.56 Å². The highest BCUT2D eigenvalue weighted by atomic mass is 16.7. The number of cyclic esters (lactones) is 1. The zero-order chi connectivity index (χ0) is 9.26. The van der Waals surface area contributed by atoms with Crippen molar-refractivity contribution in [3.8, 4) is 0 Å². The predicted molar refractivity (Wildman–Crippen MR) is 46.0 cm³/mol. The maximum absolute atomic E-state index is 10.7. The third-order valence-electron chi connectivity index (χ3n) is 1.94. The van der Waals surface area contributed by atoms with Gasteiger partial charge in [0.25, 0.3) is 0 Å². The average molecular weight is 178 g/mol. The van der Waals surface area contributed by atoms with E-state index in [0.29, 0.717) is 0 Å². The van der Waals surface area contributed by atoms with Gasteiger partial charge in [-0.2, -0.15) is 0 Å². The molecule has 1 fully saturated rings. The molecule has 0 aromatic heterocycles. The van der Waals surface area contributed by atoms with Gasteiger partial charge in [0.1, 0.15) is 6.61 Å². The maximum atomic E-state index is 10.7. The zero-order valence-corrected chi connectivity index (χ0v) is 7.32. The lowest BCUT2D eigenvalue weighted by Gasteiger charge is -2.07. The van der Waals surface area contributed by atoms with Gasteiger partial charge in [-0.1, -0.05) is 29.8 Å². The van der Waals surface area contributed by atoms with Gasteiger partial charge in [0.05, 0.1) is 0 Å². The summed E-state index contributed by atoms with van der Waals surface area (Å²) in [6.45, 7) is 2.06. The summed E-state index contributed by atoms with van der Waals surface area (Å²) in [5, 5.41) is 0. The van der Waals surface area contributed by atoms with E-state index in [0.717, 1.165) is 5.56 Å². The van der Waals surface area contributed by atoms with Crippen molar-refractivity contribution in [1.82, 2.24) is 0 Å². The molecule has 0 amide bonds. The van der Waals surface area contributed by atoms with Crippen LogP contribution in [0.5, 0.6) is 0 Å². The molecule has 1 aromatic rings. The molecule has 1 saturated heterocycles. The summed E-state index contributed by atoms with van der Waals surface area (Å²) in [6, 6.07) is 7.73. The molecular formula is C10H10O3. The van der Waals surface area contributed by atoms with Gasteiger partial charge >= 0.3 is 5.97 Å². The van der Waals surface area contributed by atoms with Gasteiger partial charge < -0.3 is 9.47 Å². The van der Waals surface area contributed by atoms with Crippen LogP contribution in [0.2, 0.25) is 0 Å². The fraction of sp³-hybridized carbons (Fsp3) is 0.300. The summed E-state index contributed by atoms with van der Waals surface area (Å²) < 4.78 is 10.0. The highest BCUT2D eigenvalue weighted by Gasteiger charge is 2.25. The van der Waals surface area contributed by atoms with Crippen molar-refractivity contribution < 1.29 is 14.3 Å². The molecule has 0 bridgehead atoms. The molecule has 0 spiro atoms. The minimum atomic E-state index is -0.506. The average Bonchev–Trinajstić information content (AvgIpc) is 2.53. The van der Waals surface area contributed by atoms with Gasteiger partial charge in [-0.05, 0) is 6.92 Å². The van der Waals surface area contributed by atoms with Gasteiger partial charge in [0.2, 0.25) is 6.29 Å². The molecule has 1 aliphatic heterocycles. The Labute approximate surface area is 76.3 Å². The highest BCUT2D eigenvalue weighted by Crippen LogP contribution is 2.23. The number of hydrogen-bond donors (Lipinski definition) is 0. The molecule has 3 heteroatoms. The van der Waals surface area contributed by atoms with Crippen LogP contribution in [0.15, 0.2) is 24.3 Å². The van der Waals surface area contributed by atoms with Crippen LogP contribution in [0, 0.1) is 6.92 Å². The van der Waals surface area contributed by atoms with E-state index in [1.54, 1.807) is 0 Å². The molecule has 0 radical (unpaired) electrons. The first-order chi connectivity index (χ1) is 6.25. The summed E-state index contributed by atoms with van der Waals surface area (Å²) in [5.41, 5.74) is 2.06. The van der Waals surface area contributed by atoms with Crippen molar-refractivity contribution in [3.05, 3.63) is 35.4 Å². The van der Waals surface area contributed by atoms with E-state index >= 15 is 0 Å². The zero-order valence-electron chi connectivity index (χ0n) is 7.32. The van der Waals surface area contributed by atoms with Crippen molar-refractivity contribution in [2.75, 3.05) is 6.61 Å². The van der Waals surface area contributed by atoms with E-state index in [9.17, 15) is 4.79 Å². The van der Waals surface area contributed by atoms with Gasteiger partial charge in [0.15, 0.2) is 0 Å². The monoisotopic (exact) mass is 178 g/mol. The van der Waals surface area contributed by atoms with Gasteiger partial charge in [0, 0.05) is 5.56 Å². The minimum absolute atomic E-state index is 0.0541. The number of ether oxygens (including phenoxy) is 2. The van der Waals surface area contributed by atoms with Crippen LogP contribution in [0.1, 0.15) is 17.4 Å². The lowest BCUT2D eigenvalue weighted by molar-refractivity contribution is -0.143. The van der Waals surface area contributed by atoms with E-state index in [2.05, 4.69) is 0 Å². The number of esters is 1. The standard InChI is InChI=1S/C10H10O3/c1-7-2-4-8(5-3-7)10-12-6-9(11)13-10/h2-5,10H,6H2,1H3. The highest BCUT2D eigenvalue weighted by molar-refractivity contribution is 5.72. The lowest BCUT2D eigenvalue weighted by Crippen LogP contribution is -1.99. The molecule has 2 rings (SSSR count). The Balaban J connectivity index is 2.17. The first-order valence-electron chi connectivity index (χ1n) is 4.13. The quantitative estimate of drug-likeness (QED) is 0.612. The molecule has 1 aromatic carbocycles. The second-order valence-electron chi connectivity index (χ2n) is 3.04. The lowest BCUT2D eigenvalue weighted by atomic mass is 10.1. The molecular weight excluding hydrogens is 168 g/mol. The Morgan fingerprint density at radius 3 is 2.54 bits per heavy atom. The smallest absolute Gasteiger partial charge is 0.334 e. The summed E-state index contributed by atoms with van der Waals surface area (Å²) in [5.74, 6) is -0.300. The number of aryl methyl sites for hydroxylation is 1. The Hall–Kier alpha value is -1.35. The largest absolute Gasteiger partial charge is 0.430 e. The van der Waals surface area contributed by atoms with Gasteiger partial charge in [-0.15, -0.1) is 0 Å². The minimum Gasteiger partial charge on any atom is -0.430 e. The predicted octanol–water partition coefficient (Wildman–Crippen LogP) is 1.57. The Morgan fingerprint density at radius 2 is 2.00 bits per heavy atom. The number of rotatable bonds is 1. The van der Waals surface area contributed by atoms with Crippen molar-refractivity contribution in [3.63, 3.8) is 0 Å². The molecule has 3 nitrogen and oxygen atoms in total. The van der Waals surface area contributed by atoms with E-state index in [-0.39, 0.29) is 12.6 Å². The van der Waals surface area contributed by atoms with E-state index < -0.39 is 6.29 Å².